The van der Waals surface area contributed by atoms with E-state index in [1.54, 1.807) is 23.0 Å². The molecule has 0 spiro atoms. The topological polar surface area (TPSA) is 153 Å². The maximum absolute atomic E-state index is 14.2. The number of nitrogens with one attached hydrogen (secondary N) is 3. The number of halogens is 1. The third-order valence-electron chi connectivity index (χ3n) is 10.3. The van der Waals surface area contributed by atoms with Crippen LogP contribution in [0.3, 0.4) is 0 Å². The number of carbonyl (C=O) groups is 3. The number of hydrogen-bond donors (Lipinski definition) is 4. The number of nitrogens with zero attached hydrogens (tertiary/aromatic N) is 2. The number of primary amides is 1. The van der Waals surface area contributed by atoms with Crippen LogP contribution in [0.1, 0.15) is 40.3 Å². The Kier molecular flexibility index (Phi) is 10.3. The lowest BCUT2D eigenvalue weighted by atomic mass is 9.88. The van der Waals surface area contributed by atoms with Crippen molar-refractivity contribution in [1.82, 2.24) is 25.2 Å². The number of H-pyrrole nitrogens is 1. The maximum atomic E-state index is 14.2. The third kappa shape index (κ3) is 7.90. The first kappa shape index (κ1) is 36.3. The number of allylic oxidation sites excluding steroid dienone is 1. The van der Waals surface area contributed by atoms with Crippen molar-refractivity contribution in [1.29, 1.82) is 0 Å². The largest absolute Gasteiger partial charge is 0.494 e. The van der Waals surface area contributed by atoms with Crippen molar-refractivity contribution in [3.05, 3.63) is 149 Å². The molecule has 6 aromatic rings. The lowest BCUT2D eigenvalue weighted by Crippen LogP contribution is -2.54. The van der Waals surface area contributed by atoms with E-state index in [1.807, 2.05) is 79.0 Å². The Labute approximate surface area is 322 Å². The van der Waals surface area contributed by atoms with E-state index in [4.69, 9.17) is 15.2 Å². The molecule has 3 amide bonds. The van der Waals surface area contributed by atoms with E-state index < -0.39 is 29.8 Å². The summed E-state index contributed by atoms with van der Waals surface area (Å²) in [5.74, 6) is -0.823. The van der Waals surface area contributed by atoms with Gasteiger partial charge in [0.2, 0.25) is 17.7 Å². The predicted molar refractivity (Wildman–Crippen MR) is 210 cm³/mol. The van der Waals surface area contributed by atoms with Crippen LogP contribution < -0.4 is 25.8 Å². The fourth-order valence-corrected chi connectivity index (χ4v) is 7.56. The molecule has 11 nitrogen and oxygen atoms in total. The van der Waals surface area contributed by atoms with Crippen LogP contribution in [-0.2, 0) is 40.2 Å². The number of aromatic nitrogens is 3. The minimum atomic E-state index is -1.08. The number of imidazole rings is 1. The van der Waals surface area contributed by atoms with Crippen molar-refractivity contribution in [2.24, 2.45) is 5.73 Å². The van der Waals surface area contributed by atoms with Gasteiger partial charge in [0.05, 0.1) is 18.6 Å². The first-order chi connectivity index (χ1) is 27.3. The van der Waals surface area contributed by atoms with Crippen molar-refractivity contribution in [3.8, 4) is 22.8 Å². The second-order valence-corrected chi connectivity index (χ2v) is 14.1. The zero-order valence-corrected chi connectivity index (χ0v) is 30.5. The first-order valence-corrected chi connectivity index (χ1v) is 18.7. The summed E-state index contributed by atoms with van der Waals surface area (Å²) < 4.78 is 28.0. The van der Waals surface area contributed by atoms with Gasteiger partial charge < -0.3 is 35.4 Å². The van der Waals surface area contributed by atoms with Crippen LogP contribution in [0.4, 0.5) is 4.39 Å². The first-order valence-electron chi connectivity index (χ1n) is 18.7. The average Bonchev–Trinajstić information content (AvgIpc) is 3.72. The number of nitrogens with two attached hydrogens (primary N) is 1. The van der Waals surface area contributed by atoms with E-state index in [-0.39, 0.29) is 31.1 Å². The number of benzene rings is 4. The quantitative estimate of drug-likeness (QED) is 0.174. The fraction of sp³-hybridized carbons (Fsp3) is 0.227. The number of para-hydroxylation sites is 1. The Morgan fingerprint density at radius 2 is 1.82 bits per heavy atom. The monoisotopic (exact) mass is 752 g/mol. The van der Waals surface area contributed by atoms with E-state index >= 15 is 0 Å². The highest BCUT2D eigenvalue weighted by Crippen LogP contribution is 2.37. The van der Waals surface area contributed by atoms with Gasteiger partial charge in [-0.2, -0.15) is 0 Å². The number of hydrogen-bond acceptors (Lipinski definition) is 6. The van der Waals surface area contributed by atoms with E-state index in [0.29, 0.717) is 48.8 Å². The molecule has 2 aromatic heterocycles. The van der Waals surface area contributed by atoms with Crippen LogP contribution in [0.15, 0.2) is 116 Å². The van der Waals surface area contributed by atoms with Gasteiger partial charge >= 0.3 is 0 Å². The Hall–Kier alpha value is -6.69. The fourth-order valence-electron chi connectivity index (χ4n) is 7.56. The molecular formula is C44H41FN6O5. The molecule has 5 N–H and O–H groups in total. The van der Waals surface area contributed by atoms with Gasteiger partial charge in [-0.05, 0) is 78.1 Å². The van der Waals surface area contributed by atoms with E-state index in [9.17, 15) is 18.8 Å². The molecule has 0 saturated heterocycles. The predicted octanol–water partition coefficient (Wildman–Crippen LogP) is 5.52. The number of fused-ring (bicyclic) bond motifs is 6. The molecule has 12 heteroatoms. The molecule has 4 bridgehead atoms. The summed E-state index contributed by atoms with van der Waals surface area (Å²) in [6.07, 6.45) is 8.82. The normalized spacial score (nSPS) is 19.0. The summed E-state index contributed by atoms with van der Waals surface area (Å²) >= 11 is 0. The lowest BCUT2D eigenvalue weighted by Gasteiger charge is -2.23. The van der Waals surface area contributed by atoms with Crippen molar-refractivity contribution in [2.75, 3.05) is 13.2 Å². The molecule has 0 radical (unpaired) electrons. The van der Waals surface area contributed by atoms with Crippen molar-refractivity contribution < 1.29 is 28.2 Å². The summed E-state index contributed by atoms with van der Waals surface area (Å²) in [4.78, 5) is 49.0. The summed E-state index contributed by atoms with van der Waals surface area (Å²) in [6, 6.07) is 25.3. The summed E-state index contributed by atoms with van der Waals surface area (Å²) in [7, 11) is 0. The summed E-state index contributed by atoms with van der Waals surface area (Å²) in [5.41, 5.74) is 12.4. The summed E-state index contributed by atoms with van der Waals surface area (Å²) in [5, 5.41) is 6.71. The minimum absolute atomic E-state index is 0.117. The van der Waals surface area contributed by atoms with Crippen molar-refractivity contribution in [2.45, 2.75) is 50.2 Å². The van der Waals surface area contributed by atoms with Gasteiger partial charge in [-0.1, -0.05) is 54.6 Å². The highest BCUT2D eigenvalue weighted by molar-refractivity contribution is 5.93. The average molecular weight is 753 g/mol. The lowest BCUT2D eigenvalue weighted by molar-refractivity contribution is -0.131. The zero-order valence-electron chi connectivity index (χ0n) is 30.5. The standard InChI is InChI=1S/C44H41FN6O5/c45-31-15-13-28(14-16-31)42-39-11-5-18-55-32-7-3-6-29(22-32)33-9-4-19-56-40-17-12-27(20-35(33)40)21-37(43(46)53)50-44(54)38(49-41(52)25-51(39)26-48-42)23-30-24-47-36-10-2-1-8-34(30)36/h1-4,6-10,12-17,20,22,24,26,33,37-38,47H,5,11,18-19,21,23,25H2,(H2,46,53)(H,49,52)(H,50,54)/t33?,37?,38-/m0/s1. The number of aromatic amines is 1. The van der Waals surface area contributed by atoms with Crippen LogP contribution in [0.5, 0.6) is 11.5 Å². The Balaban J connectivity index is 1.17. The smallest absolute Gasteiger partial charge is 0.243 e. The van der Waals surface area contributed by atoms with E-state index in [2.05, 4.69) is 26.7 Å². The number of amides is 3. The van der Waals surface area contributed by atoms with Crippen LogP contribution >= 0.6 is 0 Å². The van der Waals surface area contributed by atoms with Gasteiger partial charge in [-0.25, -0.2) is 9.37 Å². The molecule has 2 aliphatic heterocycles. The van der Waals surface area contributed by atoms with Crippen LogP contribution in [0, 0.1) is 5.82 Å². The van der Waals surface area contributed by atoms with Gasteiger partial charge in [0.1, 0.15) is 42.6 Å². The molecule has 0 saturated carbocycles. The highest BCUT2D eigenvalue weighted by atomic mass is 19.1. The molecule has 3 atom stereocenters. The molecule has 56 heavy (non-hydrogen) atoms. The SMILES string of the molecule is NC(=O)C1Cc2ccc3c(c2)C(C=CCO3)c2cccc(c2)OCCCc2c(-c3ccc(F)cc3)ncn2CC(=O)N[C@@H](Cc2c[nH]c3ccccc23)C(=O)N1. The van der Waals surface area contributed by atoms with Crippen molar-refractivity contribution in [3.63, 3.8) is 0 Å². The van der Waals surface area contributed by atoms with Gasteiger partial charge in [0.25, 0.3) is 0 Å². The molecule has 284 valence electrons. The summed E-state index contributed by atoms with van der Waals surface area (Å²) in [6.45, 7) is 0.643. The van der Waals surface area contributed by atoms with Gasteiger partial charge in [0.15, 0.2) is 0 Å². The van der Waals surface area contributed by atoms with E-state index in [0.717, 1.165) is 38.9 Å². The Morgan fingerprint density at radius 3 is 2.68 bits per heavy atom. The zero-order chi connectivity index (χ0) is 38.6. The molecule has 4 aromatic carbocycles. The van der Waals surface area contributed by atoms with Crippen LogP contribution in [0.25, 0.3) is 22.2 Å². The number of rotatable bonds is 4. The van der Waals surface area contributed by atoms with Crippen LogP contribution in [-0.4, -0.2) is 57.6 Å². The second-order valence-electron chi connectivity index (χ2n) is 14.1. The van der Waals surface area contributed by atoms with Crippen molar-refractivity contribution >= 4 is 28.6 Å². The Morgan fingerprint density at radius 1 is 0.964 bits per heavy atom. The van der Waals surface area contributed by atoms with Gasteiger partial charge in [-0.15, -0.1) is 0 Å². The van der Waals surface area contributed by atoms with E-state index in [1.165, 1.54) is 12.1 Å². The number of ether oxygens (including phenoxy) is 2. The molecule has 0 aliphatic carbocycles. The Bertz CT molecular complexity index is 2440. The molecule has 0 fully saturated rings. The molecule has 8 rings (SSSR count). The van der Waals surface area contributed by atoms with Gasteiger partial charge in [-0.3, -0.25) is 14.4 Å². The highest BCUT2D eigenvalue weighted by Gasteiger charge is 2.29. The second kappa shape index (κ2) is 16.0. The van der Waals surface area contributed by atoms with Gasteiger partial charge in [0, 0.05) is 52.7 Å². The molecule has 2 aliphatic rings. The molecule has 4 heterocycles. The van der Waals surface area contributed by atoms with Crippen LogP contribution in [0.2, 0.25) is 0 Å². The third-order valence-corrected chi connectivity index (χ3v) is 10.3. The minimum Gasteiger partial charge on any atom is -0.494 e. The molecular weight excluding hydrogens is 712 g/mol. The number of carbonyl (C=O) groups excluding carboxylic acids is 3. The maximum Gasteiger partial charge on any atom is 0.243 e. The molecule has 2 unspecified atom stereocenters.